The topological polar surface area (TPSA) is 63.4 Å². The fourth-order valence-corrected chi connectivity index (χ4v) is 4.10. The SMILES string of the molecule is CC(C)(N)CS(=O)(=O)N1CCc2ccccc2C1. The first-order chi connectivity index (χ1) is 8.28. The van der Waals surface area contributed by atoms with Gasteiger partial charge in [-0.1, -0.05) is 24.3 Å². The first kappa shape index (κ1) is 13.5. The van der Waals surface area contributed by atoms with Crippen LogP contribution < -0.4 is 5.73 Å². The third-order valence-corrected chi connectivity index (χ3v) is 5.25. The van der Waals surface area contributed by atoms with E-state index in [9.17, 15) is 8.42 Å². The normalized spacial score (nSPS) is 17.5. The van der Waals surface area contributed by atoms with Crippen molar-refractivity contribution in [1.82, 2.24) is 4.31 Å². The van der Waals surface area contributed by atoms with Gasteiger partial charge in [-0.3, -0.25) is 0 Å². The van der Waals surface area contributed by atoms with Crippen molar-refractivity contribution in [2.45, 2.75) is 32.4 Å². The van der Waals surface area contributed by atoms with E-state index in [1.807, 2.05) is 18.2 Å². The molecule has 1 aromatic carbocycles. The molecule has 18 heavy (non-hydrogen) atoms. The van der Waals surface area contributed by atoms with Crippen LogP contribution in [0.4, 0.5) is 0 Å². The number of fused-ring (bicyclic) bond motifs is 1. The van der Waals surface area contributed by atoms with Gasteiger partial charge in [-0.2, -0.15) is 4.31 Å². The summed E-state index contributed by atoms with van der Waals surface area (Å²) in [4.78, 5) is 0. The molecule has 0 bridgehead atoms. The number of hydrogen-bond donors (Lipinski definition) is 1. The van der Waals surface area contributed by atoms with E-state index in [2.05, 4.69) is 6.07 Å². The van der Waals surface area contributed by atoms with Crippen LogP contribution in [0.25, 0.3) is 0 Å². The van der Waals surface area contributed by atoms with Gasteiger partial charge in [-0.05, 0) is 31.4 Å². The minimum absolute atomic E-state index is 0.0117. The molecule has 5 heteroatoms. The molecule has 1 aliphatic heterocycles. The van der Waals surface area contributed by atoms with Gasteiger partial charge in [0, 0.05) is 18.6 Å². The second kappa shape index (κ2) is 4.64. The molecule has 0 fully saturated rings. The van der Waals surface area contributed by atoms with Crippen LogP contribution >= 0.6 is 0 Å². The number of nitrogens with two attached hydrogens (primary N) is 1. The van der Waals surface area contributed by atoms with Crippen LogP contribution in [0.2, 0.25) is 0 Å². The Morgan fingerprint density at radius 2 is 1.89 bits per heavy atom. The molecule has 0 aromatic heterocycles. The summed E-state index contributed by atoms with van der Waals surface area (Å²) in [5.41, 5.74) is 7.46. The summed E-state index contributed by atoms with van der Waals surface area (Å²) in [6.07, 6.45) is 0.778. The molecule has 0 amide bonds. The highest BCUT2D eigenvalue weighted by molar-refractivity contribution is 7.89. The zero-order valence-corrected chi connectivity index (χ0v) is 11.7. The van der Waals surface area contributed by atoms with Crippen molar-refractivity contribution in [3.8, 4) is 0 Å². The van der Waals surface area contributed by atoms with E-state index in [4.69, 9.17) is 5.73 Å². The van der Waals surface area contributed by atoms with Gasteiger partial charge in [0.1, 0.15) is 0 Å². The van der Waals surface area contributed by atoms with Gasteiger partial charge in [0.15, 0.2) is 0 Å². The second-order valence-electron chi connectivity index (χ2n) is 5.60. The molecule has 2 rings (SSSR count). The van der Waals surface area contributed by atoms with Gasteiger partial charge in [-0.15, -0.1) is 0 Å². The van der Waals surface area contributed by atoms with Crippen molar-refractivity contribution in [2.24, 2.45) is 5.73 Å². The van der Waals surface area contributed by atoms with E-state index in [0.29, 0.717) is 13.1 Å². The Bertz CT molecular complexity index is 532. The van der Waals surface area contributed by atoms with Gasteiger partial charge >= 0.3 is 0 Å². The molecular weight excluding hydrogens is 248 g/mol. The smallest absolute Gasteiger partial charge is 0.216 e. The summed E-state index contributed by atoms with van der Waals surface area (Å²) in [5, 5.41) is 0. The van der Waals surface area contributed by atoms with Crippen LogP contribution in [0.3, 0.4) is 0 Å². The summed E-state index contributed by atoms with van der Waals surface area (Å²) in [6.45, 7) is 4.49. The standard InChI is InChI=1S/C13H20N2O2S/c1-13(2,14)10-18(16,17)15-8-7-11-5-3-4-6-12(11)9-15/h3-6H,7-10,14H2,1-2H3. The Kier molecular flexibility index (Phi) is 3.49. The number of nitrogens with zero attached hydrogens (tertiary/aromatic N) is 1. The lowest BCUT2D eigenvalue weighted by molar-refractivity contribution is 0.384. The predicted molar refractivity (Wildman–Crippen MR) is 72.6 cm³/mol. The maximum Gasteiger partial charge on any atom is 0.216 e. The number of benzene rings is 1. The number of sulfonamides is 1. The minimum Gasteiger partial charge on any atom is -0.325 e. The zero-order valence-electron chi connectivity index (χ0n) is 10.9. The van der Waals surface area contributed by atoms with E-state index in [-0.39, 0.29) is 5.75 Å². The van der Waals surface area contributed by atoms with Crippen LogP contribution in [-0.2, 0) is 23.0 Å². The first-order valence-corrected chi connectivity index (χ1v) is 7.72. The van der Waals surface area contributed by atoms with E-state index in [0.717, 1.165) is 12.0 Å². The Hall–Kier alpha value is -0.910. The van der Waals surface area contributed by atoms with Crippen LogP contribution in [0.5, 0.6) is 0 Å². The van der Waals surface area contributed by atoms with Crippen LogP contribution in [0.1, 0.15) is 25.0 Å². The highest BCUT2D eigenvalue weighted by Gasteiger charge is 2.30. The molecule has 2 N–H and O–H groups in total. The summed E-state index contributed by atoms with van der Waals surface area (Å²) < 4.78 is 26.1. The fraction of sp³-hybridized carbons (Fsp3) is 0.538. The Morgan fingerprint density at radius 3 is 2.50 bits per heavy atom. The van der Waals surface area contributed by atoms with E-state index in [1.165, 1.54) is 5.56 Å². The van der Waals surface area contributed by atoms with Crippen molar-refractivity contribution >= 4 is 10.0 Å². The molecule has 0 spiro atoms. The zero-order chi connectivity index (χ0) is 13.4. The average Bonchev–Trinajstić information content (AvgIpc) is 2.25. The van der Waals surface area contributed by atoms with Crippen molar-refractivity contribution < 1.29 is 8.42 Å². The fourth-order valence-electron chi connectivity index (χ4n) is 2.27. The lowest BCUT2D eigenvalue weighted by Crippen LogP contribution is -2.46. The Morgan fingerprint density at radius 1 is 1.28 bits per heavy atom. The van der Waals surface area contributed by atoms with E-state index < -0.39 is 15.6 Å². The summed E-state index contributed by atoms with van der Waals surface area (Å²) in [5.74, 6) is -0.0117. The Balaban J connectivity index is 2.18. The van der Waals surface area contributed by atoms with Crippen LogP contribution in [-0.4, -0.2) is 30.6 Å². The Labute approximate surface area is 109 Å². The average molecular weight is 268 g/mol. The minimum atomic E-state index is -3.28. The monoisotopic (exact) mass is 268 g/mol. The van der Waals surface area contributed by atoms with Crippen molar-refractivity contribution in [3.63, 3.8) is 0 Å². The molecule has 0 unspecified atom stereocenters. The predicted octanol–water partition coefficient (Wildman–Crippen LogP) is 1.11. The third-order valence-electron chi connectivity index (χ3n) is 3.04. The molecule has 0 saturated carbocycles. The molecule has 0 aliphatic carbocycles. The maximum atomic E-state index is 12.3. The lowest BCUT2D eigenvalue weighted by Gasteiger charge is -2.30. The molecule has 4 nitrogen and oxygen atoms in total. The third kappa shape index (κ3) is 3.10. The van der Waals surface area contributed by atoms with Crippen molar-refractivity contribution in [1.29, 1.82) is 0 Å². The summed E-state index contributed by atoms with van der Waals surface area (Å²) >= 11 is 0. The molecule has 0 radical (unpaired) electrons. The molecule has 1 aliphatic rings. The number of rotatable bonds is 3. The molecular formula is C13H20N2O2S. The lowest BCUT2D eigenvalue weighted by atomic mass is 10.0. The van der Waals surface area contributed by atoms with Crippen molar-refractivity contribution in [2.75, 3.05) is 12.3 Å². The van der Waals surface area contributed by atoms with Gasteiger partial charge < -0.3 is 5.73 Å². The molecule has 0 atom stereocenters. The molecule has 100 valence electrons. The van der Waals surface area contributed by atoms with Gasteiger partial charge in [0.2, 0.25) is 10.0 Å². The van der Waals surface area contributed by atoms with Gasteiger partial charge in [0.25, 0.3) is 0 Å². The largest absolute Gasteiger partial charge is 0.325 e. The highest BCUT2D eigenvalue weighted by Crippen LogP contribution is 2.22. The van der Waals surface area contributed by atoms with Crippen LogP contribution in [0, 0.1) is 0 Å². The summed E-state index contributed by atoms with van der Waals surface area (Å²) in [6, 6.07) is 7.99. The molecule has 0 saturated heterocycles. The van der Waals surface area contributed by atoms with E-state index in [1.54, 1.807) is 18.2 Å². The van der Waals surface area contributed by atoms with Crippen LogP contribution in [0.15, 0.2) is 24.3 Å². The van der Waals surface area contributed by atoms with Crippen molar-refractivity contribution in [3.05, 3.63) is 35.4 Å². The van der Waals surface area contributed by atoms with E-state index >= 15 is 0 Å². The summed E-state index contributed by atoms with van der Waals surface area (Å²) in [7, 11) is -3.28. The second-order valence-corrected chi connectivity index (χ2v) is 7.57. The quantitative estimate of drug-likeness (QED) is 0.893. The van der Waals surface area contributed by atoms with Gasteiger partial charge in [0.05, 0.1) is 5.75 Å². The molecule has 1 heterocycles. The number of hydrogen-bond acceptors (Lipinski definition) is 3. The molecule has 1 aromatic rings. The highest BCUT2D eigenvalue weighted by atomic mass is 32.2. The first-order valence-electron chi connectivity index (χ1n) is 6.11. The van der Waals surface area contributed by atoms with Gasteiger partial charge in [-0.25, -0.2) is 8.42 Å². The maximum absolute atomic E-state index is 12.3.